The summed E-state index contributed by atoms with van der Waals surface area (Å²) in [6, 6.07) is 10.9. The number of hydrogen-bond acceptors (Lipinski definition) is 8. The van der Waals surface area contributed by atoms with Crippen LogP contribution in [-0.4, -0.2) is 83.2 Å². The highest BCUT2D eigenvalue weighted by molar-refractivity contribution is 6.26. The Balaban J connectivity index is 1.51. The molecule has 182 valence electrons. The first-order valence-corrected chi connectivity index (χ1v) is 11.3. The normalized spacial score (nSPS) is 12.9. The number of amides is 2. The van der Waals surface area contributed by atoms with Gasteiger partial charge in [-0.05, 0) is 24.6 Å². The number of methoxy groups -OCH3 is 1. The van der Waals surface area contributed by atoms with E-state index in [1.807, 2.05) is 6.07 Å². The molecule has 2 aromatic carbocycles. The molecule has 0 saturated heterocycles. The van der Waals surface area contributed by atoms with Crippen molar-refractivity contribution in [2.45, 2.75) is 12.8 Å². The SMILES string of the molecule is COCCOCCOCCOCCN1C(=O)c2cccc3c(OCCCC#N)ccc(c23)C1=O. The molecule has 0 aromatic heterocycles. The summed E-state index contributed by atoms with van der Waals surface area (Å²) in [6.07, 6.45) is 1.02. The molecule has 3 rings (SSSR count). The minimum Gasteiger partial charge on any atom is -0.493 e. The van der Waals surface area contributed by atoms with E-state index < -0.39 is 0 Å². The van der Waals surface area contributed by atoms with Gasteiger partial charge in [-0.25, -0.2) is 0 Å². The largest absolute Gasteiger partial charge is 0.493 e. The second-order valence-electron chi connectivity index (χ2n) is 7.54. The molecule has 2 aromatic rings. The molecule has 0 unspecified atom stereocenters. The standard InChI is InChI=1S/C25H30N2O7/c1-30-13-14-32-17-18-33-16-15-31-12-10-27-24(28)20-6-4-5-19-22(34-11-3-2-9-26)8-7-21(23(19)20)25(27)29/h4-8H,2-3,10-18H2,1H3. The van der Waals surface area contributed by atoms with Crippen molar-refractivity contribution in [2.75, 3.05) is 66.5 Å². The van der Waals surface area contributed by atoms with Gasteiger partial charge in [-0.2, -0.15) is 5.26 Å². The molecule has 1 aliphatic rings. The van der Waals surface area contributed by atoms with E-state index in [9.17, 15) is 9.59 Å². The summed E-state index contributed by atoms with van der Waals surface area (Å²) < 4.78 is 27.0. The summed E-state index contributed by atoms with van der Waals surface area (Å²) in [5.41, 5.74) is 0.928. The minimum absolute atomic E-state index is 0.153. The predicted molar refractivity (Wildman–Crippen MR) is 124 cm³/mol. The molecular weight excluding hydrogens is 440 g/mol. The number of nitriles is 1. The second kappa shape index (κ2) is 13.6. The van der Waals surface area contributed by atoms with Crippen LogP contribution < -0.4 is 4.74 Å². The maximum Gasteiger partial charge on any atom is 0.261 e. The molecule has 0 bridgehead atoms. The Morgan fingerprint density at radius 1 is 0.824 bits per heavy atom. The van der Waals surface area contributed by atoms with Gasteiger partial charge in [0.15, 0.2) is 0 Å². The molecule has 0 N–H and O–H groups in total. The number of ether oxygens (including phenoxy) is 5. The number of nitrogens with zero attached hydrogens (tertiary/aromatic N) is 2. The van der Waals surface area contributed by atoms with E-state index in [0.717, 1.165) is 0 Å². The maximum atomic E-state index is 13.1. The average Bonchev–Trinajstić information content (AvgIpc) is 2.85. The fraction of sp³-hybridized carbons (Fsp3) is 0.480. The van der Waals surface area contributed by atoms with Gasteiger partial charge in [0.25, 0.3) is 11.8 Å². The molecule has 9 nitrogen and oxygen atoms in total. The molecule has 0 aliphatic carbocycles. The summed E-state index contributed by atoms with van der Waals surface area (Å²) in [7, 11) is 1.62. The fourth-order valence-electron chi connectivity index (χ4n) is 3.62. The summed E-state index contributed by atoms with van der Waals surface area (Å²) in [6.45, 7) is 3.54. The zero-order chi connectivity index (χ0) is 24.2. The Hall–Kier alpha value is -3.03. The van der Waals surface area contributed by atoms with Crippen molar-refractivity contribution in [1.82, 2.24) is 4.90 Å². The molecule has 0 spiro atoms. The number of carbonyl (C=O) groups excluding carboxylic acids is 2. The van der Waals surface area contributed by atoms with Crippen LogP contribution in [-0.2, 0) is 18.9 Å². The number of benzene rings is 2. The lowest BCUT2D eigenvalue weighted by Crippen LogP contribution is -2.42. The molecule has 0 saturated carbocycles. The highest BCUT2D eigenvalue weighted by atomic mass is 16.6. The molecule has 9 heteroatoms. The molecule has 1 aliphatic heterocycles. The van der Waals surface area contributed by atoms with Gasteiger partial charge in [0.1, 0.15) is 5.75 Å². The fourth-order valence-corrected chi connectivity index (χ4v) is 3.62. The van der Waals surface area contributed by atoms with Crippen LogP contribution in [0.2, 0.25) is 0 Å². The third-order valence-electron chi connectivity index (χ3n) is 5.28. The van der Waals surface area contributed by atoms with Gasteiger partial charge in [0.2, 0.25) is 0 Å². The van der Waals surface area contributed by atoms with E-state index >= 15 is 0 Å². The monoisotopic (exact) mass is 470 g/mol. The van der Waals surface area contributed by atoms with Crippen LogP contribution in [0.4, 0.5) is 0 Å². The van der Waals surface area contributed by atoms with Crippen LogP contribution in [0.5, 0.6) is 5.75 Å². The zero-order valence-electron chi connectivity index (χ0n) is 19.4. The minimum atomic E-state index is -0.349. The van der Waals surface area contributed by atoms with Gasteiger partial charge in [-0.15, -0.1) is 0 Å². The first-order valence-electron chi connectivity index (χ1n) is 11.3. The lowest BCUT2D eigenvalue weighted by atomic mass is 9.93. The quantitative estimate of drug-likeness (QED) is 0.272. The van der Waals surface area contributed by atoms with Gasteiger partial charge in [-0.3, -0.25) is 14.5 Å². The molecule has 0 atom stereocenters. The van der Waals surface area contributed by atoms with Crippen LogP contribution in [0, 0.1) is 11.3 Å². The molecule has 1 heterocycles. The van der Waals surface area contributed by atoms with Crippen LogP contribution in [0.25, 0.3) is 10.8 Å². The van der Waals surface area contributed by atoms with Crippen molar-refractivity contribution in [1.29, 1.82) is 5.26 Å². The Labute approximate surface area is 199 Å². The van der Waals surface area contributed by atoms with Crippen LogP contribution >= 0.6 is 0 Å². The first kappa shape index (κ1) is 25.6. The van der Waals surface area contributed by atoms with E-state index in [2.05, 4.69) is 6.07 Å². The summed E-state index contributed by atoms with van der Waals surface area (Å²) in [5, 5.41) is 10.0. The van der Waals surface area contributed by atoms with Crippen LogP contribution in [0.15, 0.2) is 30.3 Å². The van der Waals surface area contributed by atoms with Gasteiger partial charge >= 0.3 is 0 Å². The first-order chi connectivity index (χ1) is 16.7. The number of rotatable bonds is 16. The van der Waals surface area contributed by atoms with Crippen molar-refractivity contribution in [3.63, 3.8) is 0 Å². The van der Waals surface area contributed by atoms with Crippen LogP contribution in [0.3, 0.4) is 0 Å². The highest BCUT2D eigenvalue weighted by Crippen LogP contribution is 2.35. The lowest BCUT2D eigenvalue weighted by molar-refractivity contribution is 0.00148. The molecule has 0 radical (unpaired) electrons. The number of imide groups is 1. The van der Waals surface area contributed by atoms with Crippen molar-refractivity contribution in [3.8, 4) is 11.8 Å². The maximum absolute atomic E-state index is 13.1. The van der Waals surface area contributed by atoms with E-state index in [1.54, 1.807) is 31.4 Å². The summed E-state index contributed by atoms with van der Waals surface area (Å²) in [4.78, 5) is 27.3. The Kier molecular flexibility index (Phi) is 10.3. The van der Waals surface area contributed by atoms with Crippen molar-refractivity contribution in [3.05, 3.63) is 41.5 Å². The third-order valence-corrected chi connectivity index (χ3v) is 5.28. The van der Waals surface area contributed by atoms with E-state index in [1.165, 1.54) is 4.90 Å². The molecule has 2 amide bonds. The average molecular weight is 471 g/mol. The number of carbonyl (C=O) groups is 2. The Morgan fingerprint density at radius 3 is 2.15 bits per heavy atom. The highest BCUT2D eigenvalue weighted by Gasteiger charge is 2.33. The van der Waals surface area contributed by atoms with Gasteiger partial charge in [0, 0.05) is 35.4 Å². The Morgan fingerprint density at radius 2 is 1.47 bits per heavy atom. The van der Waals surface area contributed by atoms with Crippen molar-refractivity contribution < 1.29 is 33.3 Å². The van der Waals surface area contributed by atoms with E-state index in [4.69, 9.17) is 28.9 Å². The summed E-state index contributed by atoms with van der Waals surface area (Å²) >= 11 is 0. The second-order valence-corrected chi connectivity index (χ2v) is 7.54. The van der Waals surface area contributed by atoms with Crippen molar-refractivity contribution in [2.24, 2.45) is 0 Å². The molecule has 0 fully saturated rings. The van der Waals surface area contributed by atoms with Gasteiger partial charge in [-0.1, -0.05) is 12.1 Å². The predicted octanol–water partition coefficient (Wildman–Crippen LogP) is 2.81. The van der Waals surface area contributed by atoms with Crippen LogP contribution in [0.1, 0.15) is 33.6 Å². The van der Waals surface area contributed by atoms with Gasteiger partial charge in [0.05, 0.1) is 65.5 Å². The zero-order valence-corrected chi connectivity index (χ0v) is 19.4. The van der Waals surface area contributed by atoms with Crippen molar-refractivity contribution >= 4 is 22.6 Å². The molecule has 34 heavy (non-hydrogen) atoms. The topological polar surface area (TPSA) is 107 Å². The molecular formula is C25H30N2O7. The van der Waals surface area contributed by atoms with E-state index in [-0.39, 0.29) is 25.0 Å². The smallest absolute Gasteiger partial charge is 0.261 e. The lowest BCUT2D eigenvalue weighted by Gasteiger charge is -2.27. The number of hydrogen-bond donors (Lipinski definition) is 0. The van der Waals surface area contributed by atoms with Gasteiger partial charge < -0.3 is 23.7 Å². The number of unbranched alkanes of at least 4 members (excludes halogenated alkanes) is 1. The third kappa shape index (κ3) is 6.52. The summed E-state index contributed by atoms with van der Waals surface area (Å²) in [5.74, 6) is -0.101. The Bertz CT molecular complexity index is 996. The van der Waals surface area contributed by atoms with E-state index in [0.29, 0.717) is 86.7 Å².